The summed E-state index contributed by atoms with van der Waals surface area (Å²) in [7, 11) is 0. The summed E-state index contributed by atoms with van der Waals surface area (Å²) in [6, 6.07) is 2.79. The lowest BCUT2D eigenvalue weighted by Crippen LogP contribution is -2.27. The number of fused-ring (bicyclic) bond motifs is 1. The van der Waals surface area contributed by atoms with Crippen LogP contribution in [0.3, 0.4) is 0 Å². The molecule has 0 atom stereocenters. The number of halogens is 2. The molecule has 0 spiro atoms. The Hall–Kier alpha value is -1.17. The molecular formula is C13H15ClFN3O. The number of aromatic nitrogens is 1. The minimum Gasteiger partial charge on any atom is -0.439 e. The van der Waals surface area contributed by atoms with Crippen molar-refractivity contribution in [1.29, 1.82) is 0 Å². The molecule has 3 rings (SSSR count). The van der Waals surface area contributed by atoms with Crippen molar-refractivity contribution < 1.29 is 8.81 Å². The topological polar surface area (TPSA) is 41.3 Å². The van der Waals surface area contributed by atoms with E-state index in [0.717, 1.165) is 32.6 Å². The highest BCUT2D eigenvalue weighted by molar-refractivity contribution is 6.31. The third kappa shape index (κ3) is 2.88. The number of nitrogens with one attached hydrogen (secondary N) is 1. The van der Waals surface area contributed by atoms with Crippen molar-refractivity contribution in [2.45, 2.75) is 13.0 Å². The molecule has 6 heteroatoms. The number of hydrogen-bond donors (Lipinski definition) is 1. The SMILES string of the molecule is Fc1cc2oc(CN3CCCNCC3)nc2cc1Cl. The van der Waals surface area contributed by atoms with Crippen molar-refractivity contribution in [3.8, 4) is 0 Å². The third-order valence-electron chi connectivity index (χ3n) is 3.27. The summed E-state index contributed by atoms with van der Waals surface area (Å²) in [5.74, 6) is 0.134. The van der Waals surface area contributed by atoms with Gasteiger partial charge in [-0.2, -0.15) is 0 Å². The highest BCUT2D eigenvalue weighted by Gasteiger charge is 2.14. The zero-order chi connectivity index (χ0) is 13.2. The van der Waals surface area contributed by atoms with Gasteiger partial charge in [-0.3, -0.25) is 4.90 Å². The smallest absolute Gasteiger partial charge is 0.209 e. The minimum absolute atomic E-state index is 0.0753. The van der Waals surface area contributed by atoms with E-state index in [-0.39, 0.29) is 5.02 Å². The Morgan fingerprint density at radius 1 is 1.37 bits per heavy atom. The molecule has 0 radical (unpaired) electrons. The van der Waals surface area contributed by atoms with Crippen LogP contribution in [-0.2, 0) is 6.54 Å². The molecule has 1 aromatic heterocycles. The molecule has 0 bridgehead atoms. The van der Waals surface area contributed by atoms with Gasteiger partial charge in [-0.25, -0.2) is 9.37 Å². The van der Waals surface area contributed by atoms with Crippen LogP contribution in [0.2, 0.25) is 5.02 Å². The second kappa shape index (κ2) is 5.45. The number of benzene rings is 1. The van der Waals surface area contributed by atoms with E-state index in [2.05, 4.69) is 15.2 Å². The van der Waals surface area contributed by atoms with Gasteiger partial charge < -0.3 is 9.73 Å². The predicted octanol–water partition coefficient (Wildman–Crippen LogP) is 2.42. The molecule has 0 amide bonds. The Balaban J connectivity index is 1.80. The lowest BCUT2D eigenvalue weighted by atomic mass is 10.3. The average Bonchev–Trinajstić information content (AvgIpc) is 2.60. The summed E-state index contributed by atoms with van der Waals surface area (Å²) in [5.41, 5.74) is 1.05. The van der Waals surface area contributed by atoms with E-state index in [1.807, 2.05) is 0 Å². The van der Waals surface area contributed by atoms with Crippen LogP contribution in [0.4, 0.5) is 4.39 Å². The molecule has 0 aliphatic carbocycles. The molecular weight excluding hydrogens is 269 g/mol. The molecule has 1 aliphatic rings. The Labute approximate surface area is 115 Å². The zero-order valence-electron chi connectivity index (χ0n) is 10.5. The van der Waals surface area contributed by atoms with Crippen LogP contribution in [0.15, 0.2) is 16.5 Å². The average molecular weight is 284 g/mol. The van der Waals surface area contributed by atoms with Crippen LogP contribution in [-0.4, -0.2) is 36.1 Å². The van der Waals surface area contributed by atoms with Gasteiger partial charge in [0.05, 0.1) is 11.6 Å². The van der Waals surface area contributed by atoms with Crippen molar-refractivity contribution in [2.24, 2.45) is 0 Å². The van der Waals surface area contributed by atoms with Gasteiger partial charge in [0, 0.05) is 19.2 Å². The van der Waals surface area contributed by atoms with Gasteiger partial charge in [0.1, 0.15) is 11.3 Å². The van der Waals surface area contributed by atoms with Crippen LogP contribution in [0, 0.1) is 5.82 Å². The third-order valence-corrected chi connectivity index (χ3v) is 3.56. The zero-order valence-corrected chi connectivity index (χ0v) is 11.2. The molecule has 1 fully saturated rings. The largest absolute Gasteiger partial charge is 0.439 e. The quantitative estimate of drug-likeness (QED) is 0.919. The molecule has 0 unspecified atom stereocenters. The van der Waals surface area contributed by atoms with E-state index >= 15 is 0 Å². The van der Waals surface area contributed by atoms with Crippen molar-refractivity contribution >= 4 is 22.7 Å². The van der Waals surface area contributed by atoms with Gasteiger partial charge in [0.15, 0.2) is 5.58 Å². The van der Waals surface area contributed by atoms with Crippen LogP contribution in [0.25, 0.3) is 11.1 Å². The molecule has 2 aromatic rings. The van der Waals surface area contributed by atoms with E-state index in [9.17, 15) is 4.39 Å². The van der Waals surface area contributed by atoms with Crippen molar-refractivity contribution in [3.63, 3.8) is 0 Å². The molecule has 19 heavy (non-hydrogen) atoms. The van der Waals surface area contributed by atoms with E-state index < -0.39 is 5.82 Å². The fourth-order valence-corrected chi connectivity index (χ4v) is 2.45. The lowest BCUT2D eigenvalue weighted by Gasteiger charge is -2.16. The monoisotopic (exact) mass is 283 g/mol. The normalized spacial score (nSPS) is 17.8. The number of hydrogen-bond acceptors (Lipinski definition) is 4. The van der Waals surface area contributed by atoms with Gasteiger partial charge in [-0.05, 0) is 25.6 Å². The van der Waals surface area contributed by atoms with Crippen molar-refractivity contribution in [2.75, 3.05) is 26.2 Å². The Morgan fingerprint density at radius 3 is 3.16 bits per heavy atom. The second-order valence-electron chi connectivity index (χ2n) is 4.72. The van der Waals surface area contributed by atoms with Gasteiger partial charge in [-0.15, -0.1) is 0 Å². The Kier molecular flexibility index (Phi) is 3.68. The predicted molar refractivity (Wildman–Crippen MR) is 71.7 cm³/mol. The first-order valence-corrected chi connectivity index (χ1v) is 6.78. The number of rotatable bonds is 2. The summed E-state index contributed by atoms with van der Waals surface area (Å²) in [6.45, 7) is 4.65. The maximum atomic E-state index is 13.3. The molecule has 1 aliphatic heterocycles. The minimum atomic E-state index is -0.476. The van der Waals surface area contributed by atoms with E-state index in [0.29, 0.717) is 23.5 Å². The lowest BCUT2D eigenvalue weighted by molar-refractivity contribution is 0.257. The highest BCUT2D eigenvalue weighted by Crippen LogP contribution is 2.23. The molecule has 102 valence electrons. The maximum Gasteiger partial charge on any atom is 0.209 e. The van der Waals surface area contributed by atoms with Gasteiger partial charge in [0.2, 0.25) is 5.89 Å². The molecule has 0 saturated carbocycles. The first-order valence-electron chi connectivity index (χ1n) is 6.40. The Morgan fingerprint density at radius 2 is 2.26 bits per heavy atom. The molecule has 1 N–H and O–H groups in total. The van der Waals surface area contributed by atoms with Crippen LogP contribution in [0.5, 0.6) is 0 Å². The van der Waals surface area contributed by atoms with Gasteiger partial charge in [0.25, 0.3) is 0 Å². The van der Waals surface area contributed by atoms with E-state index in [1.165, 1.54) is 12.1 Å². The highest BCUT2D eigenvalue weighted by atomic mass is 35.5. The maximum absolute atomic E-state index is 13.3. The summed E-state index contributed by atoms with van der Waals surface area (Å²) in [4.78, 5) is 6.64. The fraction of sp³-hybridized carbons (Fsp3) is 0.462. The summed E-state index contributed by atoms with van der Waals surface area (Å²) in [5, 5.41) is 3.42. The van der Waals surface area contributed by atoms with Crippen molar-refractivity contribution in [1.82, 2.24) is 15.2 Å². The van der Waals surface area contributed by atoms with E-state index in [1.54, 1.807) is 0 Å². The summed E-state index contributed by atoms with van der Waals surface area (Å²) in [6.07, 6.45) is 1.11. The van der Waals surface area contributed by atoms with Crippen LogP contribution in [0.1, 0.15) is 12.3 Å². The number of oxazole rings is 1. The summed E-state index contributed by atoms with van der Waals surface area (Å²) >= 11 is 5.74. The molecule has 1 aromatic carbocycles. The standard InChI is InChI=1S/C13H15ClFN3O/c14-9-6-11-12(7-10(9)15)19-13(17-11)8-18-4-1-2-16-3-5-18/h6-7,16H,1-5,8H2. The number of nitrogens with zero attached hydrogens (tertiary/aromatic N) is 2. The fourth-order valence-electron chi connectivity index (χ4n) is 2.29. The Bertz CT molecular complexity index is 540. The van der Waals surface area contributed by atoms with Crippen LogP contribution < -0.4 is 5.32 Å². The van der Waals surface area contributed by atoms with Gasteiger partial charge in [-0.1, -0.05) is 11.6 Å². The van der Waals surface area contributed by atoms with Gasteiger partial charge >= 0.3 is 0 Å². The summed E-state index contributed by atoms with van der Waals surface area (Å²) < 4.78 is 18.9. The second-order valence-corrected chi connectivity index (χ2v) is 5.13. The van der Waals surface area contributed by atoms with Crippen LogP contribution >= 0.6 is 11.6 Å². The molecule has 2 heterocycles. The van der Waals surface area contributed by atoms with E-state index in [4.69, 9.17) is 16.0 Å². The van der Waals surface area contributed by atoms with Crippen molar-refractivity contribution in [3.05, 3.63) is 28.9 Å². The molecule has 1 saturated heterocycles. The molecule has 4 nitrogen and oxygen atoms in total. The first kappa shape index (κ1) is 12.8. The first-order chi connectivity index (χ1) is 9.22.